The molecule has 1 aromatic heterocycles. The third-order valence-corrected chi connectivity index (χ3v) is 7.07. The summed E-state index contributed by atoms with van der Waals surface area (Å²) < 4.78 is 40.1. The average molecular weight is 506 g/mol. The van der Waals surface area contributed by atoms with Crippen molar-refractivity contribution in [3.63, 3.8) is 0 Å². The van der Waals surface area contributed by atoms with Gasteiger partial charge < -0.3 is 9.47 Å². The van der Waals surface area contributed by atoms with Gasteiger partial charge in [0.05, 0.1) is 18.4 Å². The Bertz CT molecular complexity index is 1260. The van der Waals surface area contributed by atoms with Crippen molar-refractivity contribution in [1.82, 2.24) is 14.1 Å². The van der Waals surface area contributed by atoms with Gasteiger partial charge in [0.2, 0.25) is 5.88 Å². The van der Waals surface area contributed by atoms with E-state index in [0.29, 0.717) is 21.8 Å². The molecule has 0 saturated carbocycles. The molecule has 1 aliphatic rings. The monoisotopic (exact) mass is 505 g/mol. The fourth-order valence-electron chi connectivity index (χ4n) is 3.42. The average Bonchev–Trinajstić information content (AvgIpc) is 3.21. The summed E-state index contributed by atoms with van der Waals surface area (Å²) in [5.74, 6) is -0.0168. The second-order valence-corrected chi connectivity index (χ2v) is 9.87. The van der Waals surface area contributed by atoms with Crippen LogP contribution in [0.25, 0.3) is 5.69 Å². The zero-order chi connectivity index (χ0) is 22.3. The number of sulfonamides is 1. The minimum atomic E-state index is -4.09. The fraction of sp³-hybridized carbons (Fsp3) is 0.238. The van der Waals surface area contributed by atoms with Crippen molar-refractivity contribution < 1.29 is 22.7 Å². The van der Waals surface area contributed by atoms with Crippen molar-refractivity contribution in [1.29, 1.82) is 0 Å². The standard InChI is InChI=1S/C21H20BrN3O5S/c1-13(2)16-9-15(29-3)10-17-20(16)21(26)24(31(17,27)28)12-30-19-11-18(22)23-25(19)14-7-5-4-6-8-14/h4-11,13H,12H2,1-3H3. The number of carbonyl (C=O) groups is 1. The SMILES string of the molecule is COc1cc(C(C)C)c2c(c1)S(=O)(=O)N(COc1cc(Br)nn1-c1ccccc1)C2=O. The van der Waals surface area contributed by atoms with Crippen LogP contribution in [0.5, 0.6) is 11.6 Å². The van der Waals surface area contributed by atoms with Crippen LogP contribution in [0.4, 0.5) is 0 Å². The maximum absolute atomic E-state index is 13.2. The summed E-state index contributed by atoms with van der Waals surface area (Å²) in [6.45, 7) is 3.30. The van der Waals surface area contributed by atoms with Gasteiger partial charge in [-0.1, -0.05) is 32.0 Å². The van der Waals surface area contributed by atoms with Crippen LogP contribution >= 0.6 is 15.9 Å². The molecule has 162 valence electrons. The van der Waals surface area contributed by atoms with E-state index < -0.39 is 22.7 Å². The van der Waals surface area contributed by atoms with Crippen LogP contribution in [0.3, 0.4) is 0 Å². The van der Waals surface area contributed by atoms with Crippen LogP contribution in [0.1, 0.15) is 35.7 Å². The van der Waals surface area contributed by atoms with Crippen LogP contribution < -0.4 is 9.47 Å². The van der Waals surface area contributed by atoms with E-state index in [0.717, 1.165) is 9.99 Å². The third-order valence-electron chi connectivity index (χ3n) is 4.95. The van der Waals surface area contributed by atoms with Gasteiger partial charge in [0, 0.05) is 12.1 Å². The Hall–Kier alpha value is -2.85. The number of rotatable bonds is 6. The number of benzene rings is 2. The number of amides is 1. The molecular formula is C21H20BrN3O5S. The second-order valence-electron chi connectivity index (χ2n) is 7.23. The molecule has 31 heavy (non-hydrogen) atoms. The maximum atomic E-state index is 13.2. The molecule has 0 saturated heterocycles. The third kappa shape index (κ3) is 3.70. The lowest BCUT2D eigenvalue weighted by Crippen LogP contribution is -2.34. The van der Waals surface area contributed by atoms with Crippen molar-refractivity contribution in [2.75, 3.05) is 13.8 Å². The van der Waals surface area contributed by atoms with E-state index in [1.165, 1.54) is 17.9 Å². The van der Waals surface area contributed by atoms with Crippen molar-refractivity contribution >= 4 is 31.9 Å². The molecule has 0 fully saturated rings. The molecule has 0 N–H and O–H groups in total. The highest BCUT2D eigenvalue weighted by atomic mass is 79.9. The molecule has 1 amide bonds. The van der Waals surface area contributed by atoms with Gasteiger partial charge in [-0.15, -0.1) is 0 Å². The lowest BCUT2D eigenvalue weighted by atomic mass is 9.96. The highest BCUT2D eigenvalue weighted by Gasteiger charge is 2.44. The van der Waals surface area contributed by atoms with Gasteiger partial charge in [0.1, 0.15) is 15.2 Å². The topological polar surface area (TPSA) is 90.7 Å². The first-order chi connectivity index (χ1) is 14.7. The normalized spacial score (nSPS) is 14.7. The second kappa shape index (κ2) is 8.01. The molecule has 0 bridgehead atoms. The summed E-state index contributed by atoms with van der Waals surface area (Å²) in [5, 5.41) is 4.32. The predicted octanol–water partition coefficient (Wildman–Crippen LogP) is 3.95. The van der Waals surface area contributed by atoms with Gasteiger partial charge in [0.25, 0.3) is 15.9 Å². The van der Waals surface area contributed by atoms with E-state index in [-0.39, 0.29) is 16.4 Å². The molecule has 0 radical (unpaired) electrons. The van der Waals surface area contributed by atoms with Crippen LogP contribution in [0, 0.1) is 0 Å². The molecule has 4 rings (SSSR count). The molecule has 2 aromatic carbocycles. The highest BCUT2D eigenvalue weighted by Crippen LogP contribution is 2.38. The largest absolute Gasteiger partial charge is 0.497 e. The number of nitrogens with zero attached hydrogens (tertiary/aromatic N) is 3. The van der Waals surface area contributed by atoms with E-state index in [1.54, 1.807) is 12.1 Å². The summed E-state index contributed by atoms with van der Waals surface area (Å²) in [6, 6.07) is 13.9. The summed E-state index contributed by atoms with van der Waals surface area (Å²) in [6.07, 6.45) is 0. The van der Waals surface area contributed by atoms with E-state index in [9.17, 15) is 13.2 Å². The molecule has 8 nitrogen and oxygen atoms in total. The molecule has 3 aromatic rings. The summed E-state index contributed by atoms with van der Waals surface area (Å²) in [4.78, 5) is 13.0. The molecule has 10 heteroatoms. The van der Waals surface area contributed by atoms with Crippen molar-refractivity contribution in [3.05, 3.63) is 64.3 Å². The van der Waals surface area contributed by atoms with Crippen LogP contribution in [0.15, 0.2) is 58.0 Å². The number of hydrogen-bond donors (Lipinski definition) is 0. The van der Waals surface area contributed by atoms with Gasteiger partial charge in [0.15, 0.2) is 6.73 Å². The van der Waals surface area contributed by atoms with E-state index in [2.05, 4.69) is 21.0 Å². The summed E-state index contributed by atoms with van der Waals surface area (Å²) in [5.41, 5.74) is 1.51. The van der Waals surface area contributed by atoms with Crippen molar-refractivity contribution in [3.8, 4) is 17.3 Å². The van der Waals surface area contributed by atoms with Gasteiger partial charge >= 0.3 is 0 Å². The van der Waals surface area contributed by atoms with Crippen LogP contribution in [-0.2, 0) is 10.0 Å². The Morgan fingerprint density at radius 1 is 1.13 bits per heavy atom. The van der Waals surface area contributed by atoms with Gasteiger partial charge in [-0.3, -0.25) is 4.79 Å². The number of aromatic nitrogens is 2. The molecule has 0 unspecified atom stereocenters. The maximum Gasteiger partial charge on any atom is 0.272 e. The molecule has 2 heterocycles. The Balaban J connectivity index is 1.69. The van der Waals surface area contributed by atoms with Gasteiger partial charge in [-0.2, -0.15) is 14.1 Å². The number of ether oxygens (including phenoxy) is 2. The van der Waals surface area contributed by atoms with Gasteiger partial charge in [-0.25, -0.2) is 8.42 Å². The van der Waals surface area contributed by atoms with E-state index in [4.69, 9.17) is 9.47 Å². The first-order valence-electron chi connectivity index (χ1n) is 9.47. The molecule has 0 aliphatic carbocycles. The number of halogens is 1. The summed E-state index contributed by atoms with van der Waals surface area (Å²) in [7, 11) is -2.63. The zero-order valence-electron chi connectivity index (χ0n) is 17.1. The molecule has 0 atom stereocenters. The van der Waals surface area contributed by atoms with Crippen molar-refractivity contribution in [2.45, 2.75) is 24.7 Å². The summed E-state index contributed by atoms with van der Waals surface area (Å²) >= 11 is 3.31. The zero-order valence-corrected chi connectivity index (χ0v) is 19.5. The Kier molecular flexibility index (Phi) is 5.52. The van der Waals surface area contributed by atoms with Crippen LogP contribution in [-0.4, -0.2) is 42.3 Å². The highest BCUT2D eigenvalue weighted by molar-refractivity contribution is 9.10. The number of methoxy groups -OCH3 is 1. The van der Waals surface area contributed by atoms with Crippen LogP contribution in [0.2, 0.25) is 0 Å². The van der Waals surface area contributed by atoms with Gasteiger partial charge in [-0.05, 0) is 45.6 Å². The predicted molar refractivity (Wildman–Crippen MR) is 117 cm³/mol. The molecular weight excluding hydrogens is 486 g/mol. The number of hydrogen-bond acceptors (Lipinski definition) is 6. The Labute approximate surface area is 188 Å². The van der Waals surface area contributed by atoms with E-state index in [1.807, 2.05) is 44.2 Å². The molecule has 1 aliphatic heterocycles. The Morgan fingerprint density at radius 3 is 2.48 bits per heavy atom. The lowest BCUT2D eigenvalue weighted by Gasteiger charge is -2.16. The molecule has 0 spiro atoms. The smallest absolute Gasteiger partial charge is 0.272 e. The van der Waals surface area contributed by atoms with E-state index >= 15 is 0 Å². The minimum absolute atomic E-state index is 0.0677. The lowest BCUT2D eigenvalue weighted by molar-refractivity contribution is 0.0782. The number of para-hydroxylation sites is 1. The number of fused-ring (bicyclic) bond motifs is 1. The van der Waals surface area contributed by atoms with Crippen molar-refractivity contribution in [2.24, 2.45) is 0 Å². The quantitative estimate of drug-likeness (QED) is 0.503. The minimum Gasteiger partial charge on any atom is -0.497 e. The first-order valence-corrected chi connectivity index (χ1v) is 11.7. The number of carbonyl (C=O) groups excluding carboxylic acids is 1. The Morgan fingerprint density at radius 2 is 1.84 bits per heavy atom. The first kappa shape index (κ1) is 21.4. The fourth-order valence-corrected chi connectivity index (χ4v) is 5.24.